The summed E-state index contributed by atoms with van der Waals surface area (Å²) in [5.74, 6) is 0.358. The lowest BCUT2D eigenvalue weighted by Crippen LogP contribution is -2.39. The third-order valence-corrected chi connectivity index (χ3v) is 2.87. The molecule has 1 aliphatic rings. The van der Waals surface area contributed by atoms with Crippen molar-refractivity contribution in [1.29, 1.82) is 0 Å². The van der Waals surface area contributed by atoms with Crippen LogP contribution in [0.3, 0.4) is 0 Å². The largest absolute Gasteiger partial charge is 0.337 e. The van der Waals surface area contributed by atoms with Crippen LogP contribution in [0.15, 0.2) is 0 Å². The molecule has 0 saturated carbocycles. The Hall–Kier alpha value is -0.530. The molecule has 0 aliphatic carbocycles. The molecule has 1 fully saturated rings. The van der Waals surface area contributed by atoms with Crippen molar-refractivity contribution in [3.8, 4) is 0 Å². The summed E-state index contributed by atoms with van der Waals surface area (Å²) < 4.78 is 0. The van der Waals surface area contributed by atoms with Gasteiger partial charge in [0.1, 0.15) is 0 Å². The van der Waals surface area contributed by atoms with E-state index in [2.05, 4.69) is 25.7 Å². The van der Waals surface area contributed by atoms with E-state index in [1.165, 1.54) is 0 Å². The Kier molecular flexibility index (Phi) is 3.12. The van der Waals surface area contributed by atoms with Gasteiger partial charge in [-0.15, -0.1) is 0 Å². The van der Waals surface area contributed by atoms with Crippen LogP contribution in [-0.2, 0) is 4.79 Å². The first kappa shape index (κ1) is 9.56. The lowest BCUT2D eigenvalue weighted by atomic mass is 10.1. The fourth-order valence-electron chi connectivity index (χ4n) is 2.09. The molecule has 1 amide bonds. The van der Waals surface area contributed by atoms with Crippen LogP contribution in [0.25, 0.3) is 0 Å². The van der Waals surface area contributed by atoms with Crippen LogP contribution in [0, 0.1) is 0 Å². The molecule has 1 heterocycles. The average molecular weight is 169 g/mol. The summed E-state index contributed by atoms with van der Waals surface area (Å²) in [7, 11) is 0. The lowest BCUT2D eigenvalue weighted by Gasteiger charge is -2.30. The SMILES string of the molecule is CCC(CC)N1C(=O)CC[C@@H]1C. The highest BCUT2D eigenvalue weighted by Gasteiger charge is 2.31. The van der Waals surface area contributed by atoms with Crippen molar-refractivity contribution < 1.29 is 4.79 Å². The van der Waals surface area contributed by atoms with E-state index < -0.39 is 0 Å². The van der Waals surface area contributed by atoms with Gasteiger partial charge in [-0.05, 0) is 26.2 Å². The van der Waals surface area contributed by atoms with E-state index in [-0.39, 0.29) is 0 Å². The molecule has 2 nitrogen and oxygen atoms in total. The molecule has 2 heteroatoms. The van der Waals surface area contributed by atoms with E-state index in [0.29, 0.717) is 18.0 Å². The maximum absolute atomic E-state index is 11.5. The molecule has 0 aromatic rings. The summed E-state index contributed by atoms with van der Waals surface area (Å²) in [6.45, 7) is 6.47. The number of likely N-dealkylation sites (tertiary alicyclic amines) is 1. The molecule has 0 bridgehead atoms. The summed E-state index contributed by atoms with van der Waals surface area (Å²) in [5.41, 5.74) is 0. The summed E-state index contributed by atoms with van der Waals surface area (Å²) in [6.07, 6.45) is 3.99. The second-order valence-corrected chi connectivity index (χ2v) is 3.66. The first-order chi connectivity index (χ1) is 5.70. The Labute approximate surface area is 74.9 Å². The zero-order valence-corrected chi connectivity index (χ0v) is 8.34. The molecule has 0 aromatic heterocycles. The molecule has 0 N–H and O–H groups in total. The Balaban J connectivity index is 2.63. The van der Waals surface area contributed by atoms with Gasteiger partial charge in [-0.2, -0.15) is 0 Å². The van der Waals surface area contributed by atoms with Crippen LogP contribution >= 0.6 is 0 Å². The Morgan fingerprint density at radius 1 is 1.50 bits per heavy atom. The predicted octanol–water partition coefficient (Wildman–Crippen LogP) is 2.19. The molecule has 70 valence electrons. The minimum atomic E-state index is 0.358. The lowest BCUT2D eigenvalue weighted by molar-refractivity contribution is -0.131. The van der Waals surface area contributed by atoms with Crippen molar-refractivity contribution in [3.63, 3.8) is 0 Å². The maximum Gasteiger partial charge on any atom is 0.223 e. The van der Waals surface area contributed by atoms with Crippen LogP contribution in [0.1, 0.15) is 46.5 Å². The number of carbonyl (C=O) groups excluding carboxylic acids is 1. The highest BCUT2D eigenvalue weighted by atomic mass is 16.2. The molecule has 1 rings (SSSR count). The highest BCUT2D eigenvalue weighted by Crippen LogP contribution is 2.23. The van der Waals surface area contributed by atoms with E-state index in [1.54, 1.807) is 0 Å². The molecule has 0 spiro atoms. The minimum absolute atomic E-state index is 0.358. The molecular weight excluding hydrogens is 150 g/mol. The molecule has 1 saturated heterocycles. The van der Waals surface area contributed by atoms with Gasteiger partial charge in [-0.3, -0.25) is 4.79 Å². The quantitative estimate of drug-likeness (QED) is 0.634. The van der Waals surface area contributed by atoms with Gasteiger partial charge >= 0.3 is 0 Å². The van der Waals surface area contributed by atoms with Crippen LogP contribution in [0.4, 0.5) is 0 Å². The van der Waals surface area contributed by atoms with Gasteiger partial charge in [0.05, 0.1) is 0 Å². The monoisotopic (exact) mass is 169 g/mol. The van der Waals surface area contributed by atoms with E-state index in [0.717, 1.165) is 25.7 Å². The molecule has 1 atom stereocenters. The summed E-state index contributed by atoms with van der Waals surface area (Å²) in [4.78, 5) is 13.6. The van der Waals surface area contributed by atoms with Gasteiger partial charge in [0.25, 0.3) is 0 Å². The van der Waals surface area contributed by atoms with Gasteiger partial charge in [-0.25, -0.2) is 0 Å². The third kappa shape index (κ3) is 1.62. The molecule has 0 unspecified atom stereocenters. The van der Waals surface area contributed by atoms with Gasteiger partial charge in [0, 0.05) is 18.5 Å². The molecule has 1 aliphatic heterocycles. The number of hydrogen-bond acceptors (Lipinski definition) is 1. The number of nitrogens with zero attached hydrogens (tertiary/aromatic N) is 1. The standard InChI is InChI=1S/C10H19NO/c1-4-9(5-2)11-8(3)6-7-10(11)12/h8-9H,4-7H2,1-3H3/t8-/m0/s1. The second kappa shape index (κ2) is 3.92. The van der Waals surface area contributed by atoms with E-state index in [9.17, 15) is 4.79 Å². The minimum Gasteiger partial charge on any atom is -0.337 e. The highest BCUT2D eigenvalue weighted by molar-refractivity contribution is 5.79. The summed E-state index contributed by atoms with van der Waals surface area (Å²) >= 11 is 0. The maximum atomic E-state index is 11.5. The first-order valence-corrected chi connectivity index (χ1v) is 5.01. The molecule has 0 radical (unpaired) electrons. The molecule has 12 heavy (non-hydrogen) atoms. The van der Waals surface area contributed by atoms with Gasteiger partial charge in [0.2, 0.25) is 5.91 Å². The van der Waals surface area contributed by atoms with Crippen molar-refractivity contribution in [2.45, 2.75) is 58.5 Å². The summed E-state index contributed by atoms with van der Waals surface area (Å²) in [6, 6.07) is 0.956. The molecule has 0 aromatic carbocycles. The topological polar surface area (TPSA) is 20.3 Å². The second-order valence-electron chi connectivity index (χ2n) is 3.66. The smallest absolute Gasteiger partial charge is 0.223 e. The zero-order chi connectivity index (χ0) is 9.14. The van der Waals surface area contributed by atoms with Crippen LogP contribution in [0.5, 0.6) is 0 Å². The van der Waals surface area contributed by atoms with Crippen molar-refractivity contribution in [2.75, 3.05) is 0 Å². The first-order valence-electron chi connectivity index (χ1n) is 5.01. The molecular formula is C10H19NO. The average Bonchev–Trinajstić information content (AvgIpc) is 2.38. The van der Waals surface area contributed by atoms with E-state index >= 15 is 0 Å². The number of rotatable bonds is 3. The van der Waals surface area contributed by atoms with Crippen LogP contribution < -0.4 is 0 Å². The van der Waals surface area contributed by atoms with Crippen molar-refractivity contribution >= 4 is 5.91 Å². The van der Waals surface area contributed by atoms with E-state index in [4.69, 9.17) is 0 Å². The Morgan fingerprint density at radius 2 is 2.08 bits per heavy atom. The number of carbonyl (C=O) groups is 1. The van der Waals surface area contributed by atoms with Crippen LogP contribution in [-0.4, -0.2) is 22.9 Å². The van der Waals surface area contributed by atoms with Crippen molar-refractivity contribution in [1.82, 2.24) is 4.90 Å². The number of hydrogen-bond donors (Lipinski definition) is 0. The number of amides is 1. The van der Waals surface area contributed by atoms with Gasteiger partial charge < -0.3 is 4.90 Å². The van der Waals surface area contributed by atoms with E-state index in [1.807, 2.05) is 0 Å². The Morgan fingerprint density at radius 3 is 2.42 bits per heavy atom. The predicted molar refractivity (Wildman–Crippen MR) is 49.9 cm³/mol. The van der Waals surface area contributed by atoms with Crippen molar-refractivity contribution in [3.05, 3.63) is 0 Å². The van der Waals surface area contributed by atoms with Gasteiger partial charge in [0.15, 0.2) is 0 Å². The fraction of sp³-hybridized carbons (Fsp3) is 0.900. The zero-order valence-electron chi connectivity index (χ0n) is 8.34. The normalized spacial score (nSPS) is 24.2. The third-order valence-electron chi connectivity index (χ3n) is 2.87. The summed E-state index contributed by atoms with van der Waals surface area (Å²) in [5, 5.41) is 0. The van der Waals surface area contributed by atoms with Crippen molar-refractivity contribution in [2.24, 2.45) is 0 Å². The Bertz CT molecular complexity index is 163. The van der Waals surface area contributed by atoms with Gasteiger partial charge in [-0.1, -0.05) is 13.8 Å². The van der Waals surface area contributed by atoms with Crippen LogP contribution in [0.2, 0.25) is 0 Å². The fourth-order valence-corrected chi connectivity index (χ4v) is 2.09.